The number of amides is 2. The van der Waals surface area contributed by atoms with E-state index in [1.165, 1.54) is 0 Å². The van der Waals surface area contributed by atoms with Crippen LogP contribution in [0.4, 0.5) is 4.79 Å². The zero-order chi connectivity index (χ0) is 13.2. The van der Waals surface area contributed by atoms with E-state index < -0.39 is 23.5 Å². The second-order valence-electron chi connectivity index (χ2n) is 4.56. The lowest BCUT2D eigenvalue weighted by atomic mass is 9.87. The first kappa shape index (κ1) is 12.9. The zero-order valence-electron chi connectivity index (χ0n) is 9.72. The lowest BCUT2D eigenvalue weighted by Gasteiger charge is -2.27. The van der Waals surface area contributed by atoms with Gasteiger partial charge >= 0.3 is 17.9 Å². The molecule has 4 N–H and O–H groups in total. The van der Waals surface area contributed by atoms with E-state index in [2.05, 4.69) is 15.5 Å². The molecule has 1 atom stereocenters. The number of carboxylic acid groups (broad SMARTS) is 1. The van der Waals surface area contributed by atoms with Gasteiger partial charge in [-0.05, 0) is 5.41 Å². The van der Waals surface area contributed by atoms with Gasteiger partial charge in [-0.1, -0.05) is 20.8 Å². The first-order valence-corrected chi connectivity index (χ1v) is 4.84. The molecule has 0 aliphatic carbocycles. The summed E-state index contributed by atoms with van der Waals surface area (Å²) in [6.07, 6.45) is -1.22. The fourth-order valence-corrected chi connectivity index (χ4v) is 1.22. The number of aromatic nitrogens is 2. The van der Waals surface area contributed by atoms with Crippen LogP contribution in [0.15, 0.2) is 4.42 Å². The summed E-state index contributed by atoms with van der Waals surface area (Å²) < 4.78 is 5.01. The predicted octanol–water partition coefficient (Wildman–Crippen LogP) is 0.523. The van der Waals surface area contributed by atoms with Gasteiger partial charge in [0.15, 0.2) is 0 Å². The van der Waals surface area contributed by atoms with Crippen LogP contribution in [0.5, 0.6) is 0 Å². The highest BCUT2D eigenvalue weighted by Gasteiger charge is 2.33. The number of nitrogens with two attached hydrogens (primary N) is 1. The molecule has 1 heterocycles. The molecule has 0 aromatic carbocycles. The first-order valence-electron chi connectivity index (χ1n) is 4.84. The summed E-state index contributed by atoms with van der Waals surface area (Å²) >= 11 is 0. The lowest BCUT2D eigenvalue weighted by Crippen LogP contribution is -2.35. The molecule has 0 spiro atoms. The van der Waals surface area contributed by atoms with Crippen molar-refractivity contribution in [2.24, 2.45) is 11.1 Å². The van der Waals surface area contributed by atoms with Crippen molar-refractivity contribution < 1.29 is 19.1 Å². The minimum absolute atomic E-state index is 0.00806. The molecule has 0 saturated carbocycles. The standard InChI is InChI=1S/C9H14N4O4/c1-9(2,3)4(11-8(15)16)6-12-13-7(17-6)5(10)14/h4,11H,1-3H3,(H2,10,14)(H,15,16)/t4-/m1/s1. The molecule has 0 aliphatic rings. The van der Waals surface area contributed by atoms with Crippen LogP contribution in [0, 0.1) is 5.41 Å². The molecule has 0 radical (unpaired) electrons. The Bertz CT molecular complexity index is 434. The second-order valence-corrected chi connectivity index (χ2v) is 4.56. The van der Waals surface area contributed by atoms with Crippen molar-refractivity contribution in [1.29, 1.82) is 0 Å². The molecule has 17 heavy (non-hydrogen) atoms. The molecule has 8 nitrogen and oxygen atoms in total. The number of hydrogen-bond donors (Lipinski definition) is 3. The quantitative estimate of drug-likeness (QED) is 0.708. The summed E-state index contributed by atoms with van der Waals surface area (Å²) in [6.45, 7) is 5.38. The maximum Gasteiger partial charge on any atom is 0.405 e. The third kappa shape index (κ3) is 3.16. The van der Waals surface area contributed by atoms with Crippen molar-refractivity contribution in [1.82, 2.24) is 15.5 Å². The van der Waals surface area contributed by atoms with Crippen LogP contribution >= 0.6 is 0 Å². The fraction of sp³-hybridized carbons (Fsp3) is 0.556. The maximum absolute atomic E-state index is 10.8. The smallest absolute Gasteiger partial charge is 0.405 e. The second kappa shape index (κ2) is 4.40. The molecule has 2 amide bonds. The molecule has 1 rings (SSSR count). The Balaban J connectivity index is 3.04. The molecule has 8 heteroatoms. The Morgan fingerprint density at radius 2 is 2.00 bits per heavy atom. The largest absolute Gasteiger partial charge is 0.465 e. The van der Waals surface area contributed by atoms with Gasteiger partial charge in [-0.3, -0.25) is 4.79 Å². The predicted molar refractivity (Wildman–Crippen MR) is 56.2 cm³/mol. The van der Waals surface area contributed by atoms with Crippen molar-refractivity contribution >= 4 is 12.0 Å². The van der Waals surface area contributed by atoms with Gasteiger partial charge in [-0.2, -0.15) is 0 Å². The number of carbonyl (C=O) groups is 2. The molecule has 0 fully saturated rings. The van der Waals surface area contributed by atoms with E-state index in [9.17, 15) is 9.59 Å². The highest BCUT2D eigenvalue weighted by molar-refractivity contribution is 5.87. The zero-order valence-corrected chi connectivity index (χ0v) is 9.72. The highest BCUT2D eigenvalue weighted by Crippen LogP contribution is 2.31. The summed E-state index contributed by atoms with van der Waals surface area (Å²) in [5.41, 5.74) is 4.48. The molecule has 0 saturated heterocycles. The van der Waals surface area contributed by atoms with Gasteiger partial charge in [0, 0.05) is 0 Å². The summed E-state index contributed by atoms with van der Waals surface area (Å²) in [7, 11) is 0. The average molecular weight is 242 g/mol. The number of carbonyl (C=O) groups excluding carboxylic acids is 1. The average Bonchev–Trinajstić information content (AvgIpc) is 2.60. The Morgan fingerprint density at radius 1 is 1.41 bits per heavy atom. The maximum atomic E-state index is 10.8. The molecule has 0 bridgehead atoms. The molecular formula is C9H14N4O4. The number of primary amides is 1. The first-order chi connectivity index (χ1) is 7.71. The third-order valence-electron chi connectivity index (χ3n) is 2.03. The third-order valence-corrected chi connectivity index (χ3v) is 2.03. The normalized spacial score (nSPS) is 13.1. The van der Waals surface area contributed by atoms with Crippen LogP contribution in [0.3, 0.4) is 0 Å². The molecular weight excluding hydrogens is 228 g/mol. The monoisotopic (exact) mass is 242 g/mol. The summed E-state index contributed by atoms with van der Waals surface area (Å²) in [5.74, 6) is -1.19. The number of hydrogen-bond acceptors (Lipinski definition) is 5. The lowest BCUT2D eigenvalue weighted by molar-refractivity contribution is 0.0961. The van der Waals surface area contributed by atoms with Gasteiger partial charge in [0.2, 0.25) is 5.89 Å². The van der Waals surface area contributed by atoms with E-state index in [4.69, 9.17) is 15.3 Å². The van der Waals surface area contributed by atoms with Gasteiger partial charge < -0.3 is 20.6 Å². The summed E-state index contributed by atoms with van der Waals surface area (Å²) in [4.78, 5) is 21.5. The minimum Gasteiger partial charge on any atom is -0.465 e. The van der Waals surface area contributed by atoms with Crippen LogP contribution in [-0.4, -0.2) is 27.3 Å². The summed E-state index contributed by atoms with van der Waals surface area (Å²) in [5, 5.41) is 18.0. The van der Waals surface area contributed by atoms with E-state index in [1.54, 1.807) is 20.8 Å². The highest BCUT2D eigenvalue weighted by atomic mass is 16.4. The van der Waals surface area contributed by atoms with Crippen LogP contribution in [0.1, 0.15) is 43.4 Å². The fourth-order valence-electron chi connectivity index (χ4n) is 1.22. The molecule has 94 valence electrons. The van der Waals surface area contributed by atoms with Crippen molar-refractivity contribution in [3.05, 3.63) is 11.8 Å². The van der Waals surface area contributed by atoms with Gasteiger partial charge in [0.25, 0.3) is 0 Å². The number of nitrogens with zero attached hydrogens (tertiary/aromatic N) is 2. The number of nitrogens with one attached hydrogen (secondary N) is 1. The van der Waals surface area contributed by atoms with Crippen molar-refractivity contribution in [2.75, 3.05) is 0 Å². The Labute approximate surface area is 97.2 Å². The van der Waals surface area contributed by atoms with Gasteiger partial charge in [-0.15, -0.1) is 10.2 Å². The number of rotatable bonds is 3. The van der Waals surface area contributed by atoms with Crippen molar-refractivity contribution in [3.8, 4) is 0 Å². The van der Waals surface area contributed by atoms with Crippen LogP contribution in [0.2, 0.25) is 0 Å². The van der Waals surface area contributed by atoms with Crippen LogP contribution < -0.4 is 11.1 Å². The SMILES string of the molecule is CC(C)(C)[C@H](NC(=O)O)c1nnc(C(N)=O)o1. The van der Waals surface area contributed by atoms with Crippen LogP contribution in [0.25, 0.3) is 0 Å². The van der Waals surface area contributed by atoms with Crippen LogP contribution in [-0.2, 0) is 0 Å². The molecule has 1 aromatic rings. The van der Waals surface area contributed by atoms with Gasteiger partial charge in [-0.25, -0.2) is 4.79 Å². The Morgan fingerprint density at radius 3 is 2.35 bits per heavy atom. The molecule has 0 aliphatic heterocycles. The van der Waals surface area contributed by atoms with Gasteiger partial charge in [0.1, 0.15) is 6.04 Å². The van der Waals surface area contributed by atoms with E-state index >= 15 is 0 Å². The topological polar surface area (TPSA) is 131 Å². The minimum atomic E-state index is -1.22. The van der Waals surface area contributed by atoms with E-state index in [-0.39, 0.29) is 11.8 Å². The summed E-state index contributed by atoms with van der Waals surface area (Å²) in [6, 6.07) is -0.722. The van der Waals surface area contributed by atoms with Crippen molar-refractivity contribution in [3.63, 3.8) is 0 Å². The molecule has 1 aromatic heterocycles. The molecule has 0 unspecified atom stereocenters. The van der Waals surface area contributed by atoms with E-state index in [1.807, 2.05) is 0 Å². The van der Waals surface area contributed by atoms with E-state index in [0.29, 0.717) is 0 Å². The van der Waals surface area contributed by atoms with E-state index in [0.717, 1.165) is 0 Å². The Hall–Kier alpha value is -2.12. The Kier molecular flexibility index (Phi) is 3.35. The van der Waals surface area contributed by atoms with Gasteiger partial charge in [0.05, 0.1) is 0 Å². The van der Waals surface area contributed by atoms with Crippen molar-refractivity contribution in [2.45, 2.75) is 26.8 Å².